The van der Waals surface area contributed by atoms with Crippen molar-refractivity contribution in [2.45, 2.75) is 110 Å². The van der Waals surface area contributed by atoms with Crippen molar-refractivity contribution in [3.8, 4) is 16.9 Å². The Kier molecular flexibility index (Phi) is 13.6. The summed E-state index contributed by atoms with van der Waals surface area (Å²) >= 11 is 0. The van der Waals surface area contributed by atoms with E-state index in [-0.39, 0.29) is 12.0 Å². The van der Waals surface area contributed by atoms with E-state index < -0.39 is 42.2 Å². The maximum atomic E-state index is 14.8. The normalized spacial score (nSPS) is 12.4. The van der Waals surface area contributed by atoms with E-state index >= 15 is 0 Å². The molecule has 1 atom stereocenters. The van der Waals surface area contributed by atoms with Crippen molar-refractivity contribution in [3.63, 3.8) is 0 Å². The van der Waals surface area contributed by atoms with E-state index in [9.17, 15) is 26.7 Å². The fourth-order valence-electron chi connectivity index (χ4n) is 4.25. The largest absolute Gasteiger partial charge is 0.514 e. The van der Waals surface area contributed by atoms with Gasteiger partial charge in [0.2, 0.25) is 11.9 Å². The molecule has 0 aromatic heterocycles. The highest BCUT2D eigenvalue weighted by molar-refractivity contribution is 5.68. The minimum absolute atomic E-state index is 0.0467. The van der Waals surface area contributed by atoms with Crippen LogP contribution in [0.15, 0.2) is 36.4 Å². The first kappa shape index (κ1) is 31.6. The number of ether oxygens (including phenoxy) is 2. The van der Waals surface area contributed by atoms with Crippen molar-refractivity contribution in [2.24, 2.45) is 0 Å². The standard InChI is InChI=1S/C30H39F5O3/c1-3-5-7-9-11-12-14-22-16-18-23(19-17-22)24-20-21-25(28(32)27(24)31)37-29(36)38-26(30(33,34)35)15-13-10-8-6-4-2/h16-21,26H,3-15H2,1-2H3. The third-order valence-corrected chi connectivity index (χ3v) is 6.50. The van der Waals surface area contributed by atoms with Gasteiger partial charge in [0.25, 0.3) is 0 Å². The van der Waals surface area contributed by atoms with Gasteiger partial charge in [0, 0.05) is 5.56 Å². The molecule has 2 rings (SSSR count). The van der Waals surface area contributed by atoms with E-state index in [1.165, 1.54) is 31.7 Å². The lowest BCUT2D eigenvalue weighted by Gasteiger charge is -2.20. The van der Waals surface area contributed by atoms with Gasteiger partial charge >= 0.3 is 12.3 Å². The lowest BCUT2D eigenvalue weighted by Crippen LogP contribution is -2.34. The Balaban J connectivity index is 1.97. The van der Waals surface area contributed by atoms with E-state index in [0.29, 0.717) is 12.0 Å². The number of unbranched alkanes of at least 4 members (excludes halogenated alkanes) is 9. The minimum Gasteiger partial charge on any atom is -0.421 e. The first-order chi connectivity index (χ1) is 18.2. The molecule has 0 radical (unpaired) electrons. The van der Waals surface area contributed by atoms with Crippen LogP contribution < -0.4 is 4.74 Å². The van der Waals surface area contributed by atoms with Crippen LogP contribution in [-0.2, 0) is 11.2 Å². The molecule has 8 heteroatoms. The second kappa shape index (κ2) is 16.4. The topological polar surface area (TPSA) is 35.5 Å². The molecule has 0 spiro atoms. The number of rotatable bonds is 16. The Bertz CT molecular complexity index is 973. The number of benzene rings is 2. The van der Waals surface area contributed by atoms with E-state index in [1.807, 2.05) is 19.1 Å². The van der Waals surface area contributed by atoms with Gasteiger partial charge in [0.05, 0.1) is 0 Å². The molecule has 0 saturated heterocycles. The highest BCUT2D eigenvalue weighted by atomic mass is 19.4. The summed E-state index contributed by atoms with van der Waals surface area (Å²) in [6.07, 6.45) is 2.08. The average molecular weight is 543 g/mol. The summed E-state index contributed by atoms with van der Waals surface area (Å²) in [7, 11) is 0. The van der Waals surface area contributed by atoms with Gasteiger partial charge in [-0.05, 0) is 48.9 Å². The molecule has 0 aliphatic rings. The van der Waals surface area contributed by atoms with Crippen LogP contribution in [-0.4, -0.2) is 18.4 Å². The Morgan fingerprint density at radius 1 is 0.763 bits per heavy atom. The quantitative estimate of drug-likeness (QED) is 0.0916. The van der Waals surface area contributed by atoms with Crippen molar-refractivity contribution in [1.82, 2.24) is 0 Å². The van der Waals surface area contributed by atoms with E-state index in [4.69, 9.17) is 0 Å². The van der Waals surface area contributed by atoms with Gasteiger partial charge in [-0.2, -0.15) is 17.6 Å². The van der Waals surface area contributed by atoms with Crippen molar-refractivity contribution in [3.05, 3.63) is 53.6 Å². The Labute approximate surface area is 222 Å². The number of carbonyl (C=O) groups excluding carboxylic acids is 1. The lowest BCUT2D eigenvalue weighted by molar-refractivity contribution is -0.208. The summed E-state index contributed by atoms with van der Waals surface area (Å²) < 4.78 is 78.3. The predicted octanol–water partition coefficient (Wildman–Crippen LogP) is 10.3. The highest BCUT2D eigenvalue weighted by Crippen LogP contribution is 2.32. The van der Waals surface area contributed by atoms with Crippen molar-refractivity contribution >= 4 is 6.16 Å². The summed E-state index contributed by atoms with van der Waals surface area (Å²) in [6, 6.07) is 9.33. The second-order valence-electron chi connectivity index (χ2n) is 9.66. The van der Waals surface area contributed by atoms with Crippen LogP contribution in [0.5, 0.6) is 5.75 Å². The molecule has 0 fully saturated rings. The third kappa shape index (κ3) is 10.6. The third-order valence-electron chi connectivity index (χ3n) is 6.50. The summed E-state index contributed by atoms with van der Waals surface area (Å²) in [6.45, 7) is 4.16. The van der Waals surface area contributed by atoms with Crippen LogP contribution in [0.2, 0.25) is 0 Å². The molecule has 0 saturated carbocycles. The maximum absolute atomic E-state index is 14.8. The van der Waals surface area contributed by atoms with Crippen molar-refractivity contribution < 1.29 is 36.2 Å². The van der Waals surface area contributed by atoms with Crippen LogP contribution in [0, 0.1) is 11.6 Å². The van der Waals surface area contributed by atoms with E-state index in [0.717, 1.165) is 50.2 Å². The van der Waals surface area contributed by atoms with Crippen LogP contribution in [0.4, 0.5) is 26.7 Å². The maximum Gasteiger partial charge on any atom is 0.514 e. The summed E-state index contributed by atoms with van der Waals surface area (Å²) in [5.41, 5.74) is 1.48. The number of alkyl halides is 3. The number of hydrogen-bond donors (Lipinski definition) is 0. The predicted molar refractivity (Wildman–Crippen MR) is 139 cm³/mol. The van der Waals surface area contributed by atoms with Gasteiger partial charge in [-0.1, -0.05) is 95.9 Å². The molecule has 0 aliphatic carbocycles. The van der Waals surface area contributed by atoms with Gasteiger partial charge in [0.1, 0.15) is 0 Å². The monoisotopic (exact) mass is 542 g/mol. The molecule has 0 aliphatic heterocycles. The zero-order chi connectivity index (χ0) is 28.0. The molecule has 0 bridgehead atoms. The molecule has 212 valence electrons. The van der Waals surface area contributed by atoms with E-state index in [1.54, 1.807) is 12.1 Å². The molecule has 2 aromatic rings. The fourth-order valence-corrected chi connectivity index (χ4v) is 4.25. The van der Waals surface area contributed by atoms with E-state index in [2.05, 4.69) is 16.4 Å². The van der Waals surface area contributed by atoms with Gasteiger partial charge in [0.15, 0.2) is 11.6 Å². The van der Waals surface area contributed by atoms with Gasteiger partial charge < -0.3 is 9.47 Å². The average Bonchev–Trinajstić information content (AvgIpc) is 2.88. The summed E-state index contributed by atoms with van der Waals surface area (Å²) in [5.74, 6) is -3.57. The smallest absolute Gasteiger partial charge is 0.421 e. The van der Waals surface area contributed by atoms with Gasteiger partial charge in [-0.15, -0.1) is 0 Å². The Morgan fingerprint density at radius 3 is 1.95 bits per heavy atom. The zero-order valence-electron chi connectivity index (χ0n) is 22.3. The van der Waals surface area contributed by atoms with Crippen LogP contribution in [0.1, 0.15) is 96.5 Å². The summed E-state index contributed by atoms with van der Waals surface area (Å²) in [5, 5.41) is 0. The number of halogens is 5. The van der Waals surface area contributed by atoms with Crippen LogP contribution in [0.3, 0.4) is 0 Å². The molecule has 2 aromatic carbocycles. The molecular formula is C30H39F5O3. The van der Waals surface area contributed by atoms with Crippen molar-refractivity contribution in [1.29, 1.82) is 0 Å². The first-order valence-corrected chi connectivity index (χ1v) is 13.7. The minimum atomic E-state index is -4.79. The molecular weight excluding hydrogens is 503 g/mol. The molecule has 0 heterocycles. The number of hydrogen-bond acceptors (Lipinski definition) is 3. The molecule has 0 amide bonds. The Hall–Kier alpha value is -2.64. The SMILES string of the molecule is CCCCCCCCc1ccc(-c2ccc(OC(=O)OC(CCCCCCC)C(F)(F)F)c(F)c2F)cc1. The van der Waals surface area contributed by atoms with Crippen LogP contribution >= 0.6 is 0 Å². The second-order valence-corrected chi connectivity index (χ2v) is 9.66. The first-order valence-electron chi connectivity index (χ1n) is 13.7. The number of aryl methyl sites for hydroxylation is 1. The highest BCUT2D eigenvalue weighted by Gasteiger charge is 2.43. The number of carbonyl (C=O) groups is 1. The van der Waals surface area contributed by atoms with Crippen LogP contribution in [0.25, 0.3) is 11.1 Å². The van der Waals surface area contributed by atoms with Crippen molar-refractivity contribution in [2.75, 3.05) is 0 Å². The lowest BCUT2D eigenvalue weighted by atomic mass is 10.00. The van der Waals surface area contributed by atoms with Gasteiger partial charge in [-0.25, -0.2) is 9.18 Å². The summed E-state index contributed by atoms with van der Waals surface area (Å²) in [4.78, 5) is 12.0. The zero-order valence-corrected chi connectivity index (χ0v) is 22.3. The molecule has 0 N–H and O–H groups in total. The molecule has 38 heavy (non-hydrogen) atoms. The fraction of sp³-hybridized carbons (Fsp3) is 0.567. The molecule has 1 unspecified atom stereocenters. The Morgan fingerprint density at radius 2 is 1.34 bits per heavy atom. The van der Waals surface area contributed by atoms with Gasteiger partial charge in [-0.3, -0.25) is 0 Å². The molecule has 3 nitrogen and oxygen atoms in total.